The van der Waals surface area contributed by atoms with Gasteiger partial charge in [0, 0.05) is 0 Å². The van der Waals surface area contributed by atoms with Gasteiger partial charge in [-0.2, -0.15) is 4.72 Å². The fourth-order valence-corrected chi connectivity index (χ4v) is 3.88. The van der Waals surface area contributed by atoms with Crippen LogP contribution in [-0.4, -0.2) is 15.5 Å². The SMILES string of the molecule is COc1ccc(S(=O)(=O)NC(c2ccccc2)c2ccccc2)cc1F. The summed E-state index contributed by atoms with van der Waals surface area (Å²) in [5.41, 5.74) is 1.58. The molecule has 3 aromatic rings. The smallest absolute Gasteiger partial charge is 0.241 e. The first kappa shape index (κ1) is 18.1. The third kappa shape index (κ3) is 3.92. The van der Waals surface area contributed by atoms with Crippen molar-refractivity contribution in [2.75, 3.05) is 7.11 Å². The van der Waals surface area contributed by atoms with Crippen LogP contribution in [0.3, 0.4) is 0 Å². The number of methoxy groups -OCH3 is 1. The molecule has 0 aliphatic carbocycles. The lowest BCUT2D eigenvalue weighted by Gasteiger charge is -2.20. The van der Waals surface area contributed by atoms with Gasteiger partial charge in [0.05, 0.1) is 18.0 Å². The monoisotopic (exact) mass is 371 g/mol. The summed E-state index contributed by atoms with van der Waals surface area (Å²) in [4.78, 5) is -0.160. The summed E-state index contributed by atoms with van der Waals surface area (Å²) in [5.74, 6) is -0.738. The molecule has 0 saturated heterocycles. The first-order chi connectivity index (χ1) is 12.5. The van der Waals surface area contributed by atoms with Gasteiger partial charge < -0.3 is 4.74 Å². The molecule has 0 spiro atoms. The molecule has 3 aromatic carbocycles. The molecule has 0 atom stereocenters. The third-order valence-electron chi connectivity index (χ3n) is 3.97. The van der Waals surface area contributed by atoms with E-state index >= 15 is 0 Å². The van der Waals surface area contributed by atoms with E-state index < -0.39 is 21.9 Å². The van der Waals surface area contributed by atoms with Gasteiger partial charge >= 0.3 is 0 Å². The first-order valence-corrected chi connectivity index (χ1v) is 9.45. The molecule has 26 heavy (non-hydrogen) atoms. The van der Waals surface area contributed by atoms with Crippen LogP contribution in [0.4, 0.5) is 4.39 Å². The van der Waals surface area contributed by atoms with Crippen LogP contribution in [0, 0.1) is 5.82 Å². The Bertz CT molecular complexity index is 937. The van der Waals surface area contributed by atoms with Gasteiger partial charge in [-0.05, 0) is 29.3 Å². The largest absolute Gasteiger partial charge is 0.494 e. The van der Waals surface area contributed by atoms with E-state index in [1.807, 2.05) is 60.7 Å². The van der Waals surface area contributed by atoms with Crippen LogP contribution in [-0.2, 0) is 10.0 Å². The van der Waals surface area contributed by atoms with Crippen LogP contribution < -0.4 is 9.46 Å². The van der Waals surface area contributed by atoms with Crippen LogP contribution in [0.2, 0.25) is 0 Å². The maximum Gasteiger partial charge on any atom is 0.241 e. The minimum atomic E-state index is -3.95. The molecule has 0 amide bonds. The summed E-state index contributed by atoms with van der Waals surface area (Å²) in [5, 5.41) is 0. The van der Waals surface area contributed by atoms with E-state index in [4.69, 9.17) is 4.74 Å². The van der Waals surface area contributed by atoms with Gasteiger partial charge in [0.2, 0.25) is 10.0 Å². The fraction of sp³-hybridized carbons (Fsp3) is 0.100. The summed E-state index contributed by atoms with van der Waals surface area (Å²) in [6, 6.07) is 21.4. The molecule has 0 aliphatic heterocycles. The summed E-state index contributed by atoms with van der Waals surface area (Å²) < 4.78 is 47.1. The standard InChI is InChI=1S/C20H18FNO3S/c1-25-19-13-12-17(14-18(19)21)26(23,24)22-20(15-8-4-2-5-9-15)16-10-6-3-7-11-16/h2-14,20,22H,1H3. The Hall–Kier alpha value is -2.70. The van der Waals surface area contributed by atoms with Gasteiger partial charge in [-0.25, -0.2) is 12.8 Å². The number of nitrogens with one attached hydrogen (secondary N) is 1. The quantitative estimate of drug-likeness (QED) is 0.715. The number of hydrogen-bond donors (Lipinski definition) is 1. The van der Waals surface area contributed by atoms with Gasteiger partial charge in [0.25, 0.3) is 0 Å². The number of rotatable bonds is 6. The first-order valence-electron chi connectivity index (χ1n) is 7.97. The number of ether oxygens (including phenoxy) is 1. The van der Waals surface area contributed by atoms with Crippen molar-refractivity contribution in [2.45, 2.75) is 10.9 Å². The van der Waals surface area contributed by atoms with Crippen molar-refractivity contribution in [2.24, 2.45) is 0 Å². The molecule has 0 heterocycles. The average Bonchev–Trinajstić information content (AvgIpc) is 2.67. The minimum Gasteiger partial charge on any atom is -0.494 e. The molecule has 134 valence electrons. The molecule has 0 radical (unpaired) electrons. The summed E-state index contributed by atoms with van der Waals surface area (Å²) >= 11 is 0. The molecule has 6 heteroatoms. The molecule has 3 rings (SSSR count). The lowest BCUT2D eigenvalue weighted by molar-refractivity contribution is 0.385. The van der Waals surface area contributed by atoms with Crippen molar-refractivity contribution in [3.8, 4) is 5.75 Å². The van der Waals surface area contributed by atoms with Crippen LogP contribution in [0.1, 0.15) is 17.2 Å². The van der Waals surface area contributed by atoms with E-state index in [1.165, 1.54) is 19.2 Å². The maximum atomic E-state index is 13.9. The summed E-state index contributed by atoms with van der Waals surface area (Å²) in [6.45, 7) is 0. The highest BCUT2D eigenvalue weighted by Crippen LogP contribution is 2.26. The van der Waals surface area contributed by atoms with Crippen molar-refractivity contribution in [1.82, 2.24) is 4.72 Å². The normalized spacial score (nSPS) is 11.5. The van der Waals surface area contributed by atoms with E-state index in [9.17, 15) is 12.8 Å². The van der Waals surface area contributed by atoms with Gasteiger partial charge in [-0.1, -0.05) is 60.7 Å². The van der Waals surface area contributed by atoms with Gasteiger partial charge in [0.15, 0.2) is 11.6 Å². The number of hydrogen-bond acceptors (Lipinski definition) is 3. The lowest BCUT2D eigenvalue weighted by Crippen LogP contribution is -2.29. The zero-order chi connectivity index (χ0) is 18.6. The molecular formula is C20H18FNO3S. The Labute approximate surface area is 152 Å². The Kier molecular flexibility index (Phi) is 5.35. The molecule has 1 N–H and O–H groups in total. The van der Waals surface area contributed by atoms with E-state index in [2.05, 4.69) is 4.72 Å². The van der Waals surface area contributed by atoms with E-state index in [0.717, 1.165) is 17.2 Å². The van der Waals surface area contributed by atoms with Crippen molar-refractivity contribution in [3.63, 3.8) is 0 Å². The second-order valence-corrected chi connectivity index (χ2v) is 7.39. The summed E-state index contributed by atoms with van der Waals surface area (Å²) in [6.07, 6.45) is 0. The topological polar surface area (TPSA) is 55.4 Å². The predicted molar refractivity (Wildman–Crippen MR) is 98.0 cm³/mol. The molecule has 0 saturated carbocycles. The second kappa shape index (κ2) is 7.68. The van der Waals surface area contributed by atoms with Crippen molar-refractivity contribution in [1.29, 1.82) is 0 Å². The van der Waals surface area contributed by atoms with Gasteiger partial charge in [-0.15, -0.1) is 0 Å². The highest BCUT2D eigenvalue weighted by atomic mass is 32.2. The number of benzene rings is 3. The molecule has 0 fully saturated rings. The Balaban J connectivity index is 2.00. The molecule has 0 aromatic heterocycles. The van der Waals surface area contributed by atoms with Gasteiger partial charge in [0.1, 0.15) is 0 Å². The number of sulfonamides is 1. The molecule has 4 nitrogen and oxygen atoms in total. The number of halogens is 1. The van der Waals surface area contributed by atoms with Crippen LogP contribution in [0.5, 0.6) is 5.75 Å². The van der Waals surface area contributed by atoms with Crippen LogP contribution in [0.15, 0.2) is 83.8 Å². The van der Waals surface area contributed by atoms with Crippen LogP contribution >= 0.6 is 0 Å². The molecule has 0 aliphatic rings. The zero-order valence-electron chi connectivity index (χ0n) is 14.1. The molecule has 0 bridgehead atoms. The van der Waals surface area contributed by atoms with Gasteiger partial charge in [-0.3, -0.25) is 0 Å². The van der Waals surface area contributed by atoms with E-state index in [-0.39, 0.29) is 10.6 Å². The van der Waals surface area contributed by atoms with Crippen molar-refractivity contribution >= 4 is 10.0 Å². The zero-order valence-corrected chi connectivity index (χ0v) is 14.9. The highest BCUT2D eigenvalue weighted by Gasteiger charge is 2.23. The highest BCUT2D eigenvalue weighted by molar-refractivity contribution is 7.89. The van der Waals surface area contributed by atoms with E-state index in [1.54, 1.807) is 0 Å². The van der Waals surface area contributed by atoms with Crippen molar-refractivity contribution in [3.05, 3.63) is 95.8 Å². The fourth-order valence-electron chi connectivity index (χ4n) is 2.66. The predicted octanol–water partition coefficient (Wildman–Crippen LogP) is 3.90. The summed E-state index contributed by atoms with van der Waals surface area (Å²) in [7, 11) is -2.62. The molecular weight excluding hydrogens is 353 g/mol. The van der Waals surface area contributed by atoms with E-state index in [0.29, 0.717) is 0 Å². The Morgan fingerprint density at radius 2 is 1.42 bits per heavy atom. The third-order valence-corrected chi connectivity index (χ3v) is 5.39. The maximum absolute atomic E-state index is 13.9. The Morgan fingerprint density at radius 1 is 0.885 bits per heavy atom. The second-order valence-electron chi connectivity index (χ2n) is 5.67. The minimum absolute atomic E-state index is 0.00776. The average molecular weight is 371 g/mol. The van der Waals surface area contributed by atoms with Crippen LogP contribution in [0.25, 0.3) is 0 Å². The molecule has 0 unspecified atom stereocenters. The Morgan fingerprint density at radius 3 is 1.88 bits per heavy atom. The van der Waals surface area contributed by atoms with Crippen molar-refractivity contribution < 1.29 is 17.5 Å². The lowest BCUT2D eigenvalue weighted by atomic mass is 10.00.